The van der Waals surface area contributed by atoms with Gasteiger partial charge in [-0.15, -0.1) is 0 Å². The second kappa shape index (κ2) is 3.22. The summed E-state index contributed by atoms with van der Waals surface area (Å²) in [5, 5.41) is 8.79. The van der Waals surface area contributed by atoms with Gasteiger partial charge in [-0.2, -0.15) is 0 Å². The summed E-state index contributed by atoms with van der Waals surface area (Å²) < 4.78 is 19.3. The molecule has 0 spiro atoms. The van der Waals surface area contributed by atoms with Crippen molar-refractivity contribution < 1.29 is 19.0 Å². The van der Waals surface area contributed by atoms with Crippen LogP contribution in [0, 0.1) is 0 Å². The maximum Gasteiger partial charge on any atom is 0.335 e. The zero-order chi connectivity index (χ0) is 11.1. The largest absolute Gasteiger partial charge is 0.493 e. The molecule has 0 fully saturated rings. The predicted molar refractivity (Wildman–Crippen MR) is 52.0 cm³/mol. The highest BCUT2D eigenvalue weighted by molar-refractivity contribution is 5.88. The Hall–Kier alpha value is -1.58. The Morgan fingerprint density at radius 1 is 1.60 bits per heavy atom. The van der Waals surface area contributed by atoms with Crippen molar-refractivity contribution in [1.29, 1.82) is 0 Å². The van der Waals surface area contributed by atoms with E-state index >= 15 is 0 Å². The van der Waals surface area contributed by atoms with E-state index in [1.165, 1.54) is 25.1 Å². The molecular weight excluding hydrogens is 199 g/mol. The van der Waals surface area contributed by atoms with Crippen molar-refractivity contribution in [3.05, 3.63) is 29.3 Å². The van der Waals surface area contributed by atoms with Gasteiger partial charge in [-0.1, -0.05) is 0 Å². The number of benzene rings is 1. The van der Waals surface area contributed by atoms with Gasteiger partial charge in [0.05, 0.1) is 12.2 Å². The lowest BCUT2D eigenvalue weighted by atomic mass is 9.90. The molecule has 80 valence electrons. The zero-order valence-corrected chi connectivity index (χ0v) is 8.29. The van der Waals surface area contributed by atoms with Crippen molar-refractivity contribution in [2.75, 3.05) is 6.61 Å². The van der Waals surface area contributed by atoms with Crippen LogP contribution in [-0.2, 0) is 5.67 Å². The third-order valence-corrected chi connectivity index (χ3v) is 2.62. The van der Waals surface area contributed by atoms with Crippen LogP contribution in [0.2, 0.25) is 0 Å². The molecule has 0 aromatic heterocycles. The Morgan fingerprint density at radius 2 is 2.33 bits per heavy atom. The molecule has 1 heterocycles. The van der Waals surface area contributed by atoms with Gasteiger partial charge in [0.2, 0.25) is 0 Å². The van der Waals surface area contributed by atoms with Gasteiger partial charge >= 0.3 is 5.97 Å². The van der Waals surface area contributed by atoms with Gasteiger partial charge in [0.15, 0.2) is 0 Å². The molecule has 3 nitrogen and oxygen atoms in total. The average Bonchev–Trinajstić information content (AvgIpc) is 2.17. The molecular formula is C11H11FO3. The van der Waals surface area contributed by atoms with Crippen LogP contribution in [0.1, 0.15) is 29.3 Å². The molecule has 1 aliphatic rings. The number of halogens is 1. The topological polar surface area (TPSA) is 46.5 Å². The van der Waals surface area contributed by atoms with Gasteiger partial charge in [0.25, 0.3) is 0 Å². The summed E-state index contributed by atoms with van der Waals surface area (Å²) in [5.41, 5.74) is -1.09. The van der Waals surface area contributed by atoms with E-state index in [0.29, 0.717) is 17.9 Å². The Balaban J connectivity index is 2.53. The maximum absolute atomic E-state index is 14.0. The SMILES string of the molecule is C[C@@]1(F)CCOc2ccc(C(=O)O)cc21. The minimum Gasteiger partial charge on any atom is -0.493 e. The van der Waals surface area contributed by atoms with Crippen LogP contribution in [0.4, 0.5) is 4.39 Å². The van der Waals surface area contributed by atoms with Gasteiger partial charge in [0, 0.05) is 12.0 Å². The number of carboxylic acid groups (broad SMARTS) is 1. The fourth-order valence-corrected chi connectivity index (χ4v) is 1.68. The lowest BCUT2D eigenvalue weighted by molar-refractivity contribution is 0.0695. The van der Waals surface area contributed by atoms with Gasteiger partial charge in [-0.05, 0) is 25.1 Å². The van der Waals surface area contributed by atoms with Crippen LogP contribution >= 0.6 is 0 Å². The molecule has 0 radical (unpaired) electrons. The number of hydrogen-bond acceptors (Lipinski definition) is 2. The Morgan fingerprint density at radius 3 is 3.00 bits per heavy atom. The van der Waals surface area contributed by atoms with Crippen LogP contribution < -0.4 is 4.74 Å². The second-order valence-electron chi connectivity index (χ2n) is 3.81. The molecule has 0 saturated carbocycles. The van der Waals surface area contributed by atoms with Crippen molar-refractivity contribution in [3.63, 3.8) is 0 Å². The normalized spacial score (nSPS) is 24.1. The standard InChI is InChI=1S/C11H11FO3/c1-11(12)4-5-15-9-3-2-7(10(13)14)6-8(9)11/h2-3,6H,4-5H2,1H3,(H,13,14)/t11-/m1/s1. The van der Waals surface area contributed by atoms with Crippen molar-refractivity contribution >= 4 is 5.97 Å². The Kier molecular flexibility index (Phi) is 2.14. The van der Waals surface area contributed by atoms with Crippen molar-refractivity contribution in [3.8, 4) is 5.75 Å². The van der Waals surface area contributed by atoms with Crippen LogP contribution in [-0.4, -0.2) is 17.7 Å². The average molecular weight is 210 g/mol. The number of carbonyl (C=O) groups is 1. The number of alkyl halides is 1. The summed E-state index contributed by atoms with van der Waals surface area (Å²) in [6, 6.07) is 4.27. The molecule has 2 rings (SSSR count). The van der Waals surface area contributed by atoms with Crippen LogP contribution in [0.5, 0.6) is 5.75 Å². The lowest BCUT2D eigenvalue weighted by Gasteiger charge is -2.28. The van der Waals surface area contributed by atoms with Crippen molar-refractivity contribution in [2.24, 2.45) is 0 Å². The number of carboxylic acids is 1. The first kappa shape index (κ1) is 9.96. The summed E-state index contributed by atoms with van der Waals surface area (Å²) in [5.74, 6) is -0.615. The van der Waals surface area contributed by atoms with Gasteiger partial charge in [-0.25, -0.2) is 9.18 Å². The fraction of sp³-hybridized carbons (Fsp3) is 0.364. The quantitative estimate of drug-likeness (QED) is 0.773. The van der Waals surface area contributed by atoms with Crippen LogP contribution in [0.15, 0.2) is 18.2 Å². The van der Waals surface area contributed by atoms with E-state index in [9.17, 15) is 9.18 Å². The van der Waals surface area contributed by atoms with Gasteiger partial charge < -0.3 is 9.84 Å². The summed E-state index contributed by atoms with van der Waals surface area (Å²) in [6.07, 6.45) is 0.253. The third-order valence-electron chi connectivity index (χ3n) is 2.62. The monoisotopic (exact) mass is 210 g/mol. The van der Waals surface area contributed by atoms with Gasteiger partial charge in [-0.3, -0.25) is 0 Å². The third kappa shape index (κ3) is 1.67. The molecule has 4 heteroatoms. The molecule has 1 N–H and O–H groups in total. The maximum atomic E-state index is 14.0. The van der Waals surface area contributed by atoms with Crippen molar-refractivity contribution in [1.82, 2.24) is 0 Å². The first-order valence-corrected chi connectivity index (χ1v) is 4.70. The fourth-order valence-electron chi connectivity index (χ4n) is 1.68. The van der Waals surface area contributed by atoms with E-state index in [-0.39, 0.29) is 12.0 Å². The van der Waals surface area contributed by atoms with Crippen molar-refractivity contribution in [2.45, 2.75) is 19.0 Å². The highest BCUT2D eigenvalue weighted by Gasteiger charge is 2.33. The molecule has 1 atom stereocenters. The summed E-state index contributed by atoms with van der Waals surface area (Å²) in [7, 11) is 0. The first-order chi connectivity index (χ1) is 7.00. The molecule has 0 amide bonds. The van der Waals surface area contributed by atoms with Crippen LogP contribution in [0.25, 0.3) is 0 Å². The molecule has 1 aromatic carbocycles. The van der Waals surface area contributed by atoms with Crippen LogP contribution in [0.3, 0.4) is 0 Å². The van der Waals surface area contributed by atoms with E-state index in [2.05, 4.69) is 0 Å². The molecule has 1 aromatic rings. The number of aromatic carboxylic acids is 1. The Labute approximate surface area is 86.5 Å². The zero-order valence-electron chi connectivity index (χ0n) is 8.29. The Bertz CT molecular complexity index is 412. The summed E-state index contributed by atoms with van der Waals surface area (Å²) >= 11 is 0. The minimum atomic E-state index is -1.50. The molecule has 15 heavy (non-hydrogen) atoms. The second-order valence-corrected chi connectivity index (χ2v) is 3.81. The van der Waals surface area contributed by atoms with E-state index in [4.69, 9.17) is 9.84 Å². The lowest BCUT2D eigenvalue weighted by Crippen LogP contribution is -2.25. The highest BCUT2D eigenvalue weighted by Crippen LogP contribution is 2.40. The van der Waals surface area contributed by atoms with E-state index in [0.717, 1.165) is 0 Å². The minimum absolute atomic E-state index is 0.0862. The highest BCUT2D eigenvalue weighted by atomic mass is 19.1. The molecule has 0 saturated heterocycles. The smallest absolute Gasteiger partial charge is 0.335 e. The first-order valence-electron chi connectivity index (χ1n) is 4.70. The molecule has 1 aliphatic heterocycles. The molecule has 0 aliphatic carbocycles. The van der Waals surface area contributed by atoms with E-state index < -0.39 is 11.6 Å². The summed E-state index contributed by atoms with van der Waals surface area (Å²) in [6.45, 7) is 1.77. The number of ether oxygens (including phenoxy) is 1. The number of rotatable bonds is 1. The van der Waals surface area contributed by atoms with E-state index in [1.54, 1.807) is 0 Å². The number of fused-ring (bicyclic) bond motifs is 1. The van der Waals surface area contributed by atoms with Gasteiger partial charge in [0.1, 0.15) is 11.4 Å². The molecule has 0 unspecified atom stereocenters. The number of hydrogen-bond donors (Lipinski definition) is 1. The predicted octanol–water partition coefficient (Wildman–Crippen LogP) is 2.35. The van der Waals surface area contributed by atoms with E-state index in [1.807, 2.05) is 0 Å². The molecule has 0 bridgehead atoms. The summed E-state index contributed by atoms with van der Waals surface area (Å²) in [4.78, 5) is 10.7.